The lowest BCUT2D eigenvalue weighted by Crippen LogP contribution is -2.48. The molecule has 7 heteroatoms. The first-order valence-corrected chi connectivity index (χ1v) is 9.80. The molecule has 0 saturated carbocycles. The zero-order valence-electron chi connectivity index (χ0n) is 15.7. The Bertz CT molecular complexity index is 736. The second-order valence-electron chi connectivity index (χ2n) is 7.70. The van der Waals surface area contributed by atoms with Gasteiger partial charge in [0, 0.05) is 37.4 Å². The molecular formula is C20H27N3O4. The number of nitrogens with zero attached hydrogens (tertiary/aromatic N) is 2. The molecule has 3 aliphatic heterocycles. The summed E-state index contributed by atoms with van der Waals surface area (Å²) in [6, 6.07) is 5.57. The molecule has 1 aromatic rings. The number of rotatable bonds is 3. The maximum absolute atomic E-state index is 13.0. The highest BCUT2D eigenvalue weighted by atomic mass is 16.6. The number of likely N-dealkylation sites (tertiary alicyclic amines) is 1. The van der Waals surface area contributed by atoms with Crippen LogP contribution < -0.4 is 20.1 Å². The summed E-state index contributed by atoms with van der Waals surface area (Å²) >= 11 is 0. The average molecular weight is 373 g/mol. The van der Waals surface area contributed by atoms with Gasteiger partial charge in [-0.2, -0.15) is 0 Å². The lowest BCUT2D eigenvalue weighted by atomic mass is 9.91. The van der Waals surface area contributed by atoms with Crippen LogP contribution in [0.3, 0.4) is 0 Å². The number of hydrogen-bond acceptors (Lipinski definition) is 5. The van der Waals surface area contributed by atoms with E-state index in [1.807, 2.05) is 30.0 Å². The van der Waals surface area contributed by atoms with Crippen LogP contribution in [0, 0.1) is 11.8 Å². The molecule has 0 aliphatic carbocycles. The van der Waals surface area contributed by atoms with Crippen molar-refractivity contribution in [3.63, 3.8) is 0 Å². The average Bonchev–Trinajstić information content (AvgIpc) is 3.08. The highest BCUT2D eigenvalue weighted by Crippen LogP contribution is 2.36. The molecular weight excluding hydrogens is 346 g/mol. The molecule has 2 N–H and O–H groups in total. The van der Waals surface area contributed by atoms with Gasteiger partial charge in [-0.3, -0.25) is 9.59 Å². The Balaban J connectivity index is 1.46. The Kier molecular flexibility index (Phi) is 4.95. The zero-order chi connectivity index (χ0) is 19.0. The van der Waals surface area contributed by atoms with Crippen LogP contribution in [0.5, 0.6) is 11.5 Å². The van der Waals surface area contributed by atoms with Gasteiger partial charge >= 0.3 is 0 Å². The Labute approximate surface area is 159 Å². The maximum atomic E-state index is 13.0. The van der Waals surface area contributed by atoms with Crippen LogP contribution in [0.15, 0.2) is 18.2 Å². The standard InChI is InChI=1S/C20H27N3O4/c1-13(21)14-3-2-7-22(12-14)19(24)16-6-8-23(20(16)25)15-4-5-17-18(11-15)27-10-9-26-17/h4-5,11,13-14,16H,2-3,6-10,12,21H2,1H3. The predicted molar refractivity (Wildman–Crippen MR) is 101 cm³/mol. The number of carbonyl (C=O) groups excluding carboxylic acids is 2. The third-order valence-electron chi connectivity index (χ3n) is 5.85. The highest BCUT2D eigenvalue weighted by molar-refractivity contribution is 6.09. The molecule has 146 valence electrons. The molecule has 2 amide bonds. The summed E-state index contributed by atoms with van der Waals surface area (Å²) in [7, 11) is 0. The normalized spacial score (nSPS) is 26.2. The topological polar surface area (TPSA) is 85.1 Å². The van der Waals surface area contributed by atoms with E-state index in [2.05, 4.69) is 0 Å². The highest BCUT2D eigenvalue weighted by Gasteiger charge is 2.41. The molecule has 3 heterocycles. The van der Waals surface area contributed by atoms with Crippen LogP contribution in [0.2, 0.25) is 0 Å². The quantitative estimate of drug-likeness (QED) is 0.810. The first kappa shape index (κ1) is 18.1. The van der Waals surface area contributed by atoms with Crippen molar-refractivity contribution in [2.75, 3.05) is 37.7 Å². The molecule has 1 aromatic carbocycles. The molecule has 7 nitrogen and oxygen atoms in total. The predicted octanol–water partition coefficient (Wildman–Crippen LogP) is 1.40. The first-order chi connectivity index (χ1) is 13.0. The summed E-state index contributed by atoms with van der Waals surface area (Å²) in [4.78, 5) is 29.5. The van der Waals surface area contributed by atoms with Crippen molar-refractivity contribution in [1.82, 2.24) is 4.90 Å². The van der Waals surface area contributed by atoms with Crippen molar-refractivity contribution in [2.45, 2.75) is 32.2 Å². The molecule has 3 aliphatic rings. The van der Waals surface area contributed by atoms with Crippen LogP contribution in [0.25, 0.3) is 0 Å². The van der Waals surface area contributed by atoms with E-state index >= 15 is 0 Å². The molecule has 2 saturated heterocycles. The molecule has 2 fully saturated rings. The number of piperidine rings is 1. The van der Waals surface area contributed by atoms with E-state index in [1.54, 1.807) is 4.90 Å². The fraction of sp³-hybridized carbons (Fsp3) is 0.600. The molecule has 0 radical (unpaired) electrons. The number of carbonyl (C=O) groups is 2. The fourth-order valence-electron chi connectivity index (χ4n) is 4.23. The number of amides is 2. The fourth-order valence-corrected chi connectivity index (χ4v) is 4.23. The van der Waals surface area contributed by atoms with Crippen LogP contribution in [-0.2, 0) is 9.59 Å². The van der Waals surface area contributed by atoms with E-state index in [0.717, 1.165) is 25.1 Å². The molecule has 0 spiro atoms. The van der Waals surface area contributed by atoms with E-state index in [-0.39, 0.29) is 17.9 Å². The van der Waals surface area contributed by atoms with Gasteiger partial charge in [0.2, 0.25) is 11.8 Å². The van der Waals surface area contributed by atoms with Gasteiger partial charge in [0.15, 0.2) is 11.5 Å². The van der Waals surface area contributed by atoms with E-state index in [0.29, 0.717) is 50.1 Å². The van der Waals surface area contributed by atoms with Gasteiger partial charge < -0.3 is 25.0 Å². The largest absolute Gasteiger partial charge is 0.486 e. The SMILES string of the molecule is CC(N)C1CCCN(C(=O)C2CCN(c3ccc4c(c3)OCCO4)C2=O)C1. The Hall–Kier alpha value is -2.28. The van der Waals surface area contributed by atoms with Gasteiger partial charge in [0.05, 0.1) is 0 Å². The van der Waals surface area contributed by atoms with Crippen molar-refractivity contribution >= 4 is 17.5 Å². The van der Waals surface area contributed by atoms with Crippen molar-refractivity contribution < 1.29 is 19.1 Å². The lowest BCUT2D eigenvalue weighted by molar-refractivity contribution is -0.141. The monoisotopic (exact) mass is 373 g/mol. The third-order valence-corrected chi connectivity index (χ3v) is 5.85. The second kappa shape index (κ2) is 7.38. The lowest BCUT2D eigenvalue weighted by Gasteiger charge is -2.35. The van der Waals surface area contributed by atoms with Gasteiger partial charge in [-0.05, 0) is 44.2 Å². The van der Waals surface area contributed by atoms with Crippen molar-refractivity contribution in [3.05, 3.63) is 18.2 Å². The number of ether oxygens (including phenoxy) is 2. The Morgan fingerprint density at radius 3 is 2.74 bits per heavy atom. The van der Waals surface area contributed by atoms with Crippen LogP contribution >= 0.6 is 0 Å². The molecule has 0 aromatic heterocycles. The van der Waals surface area contributed by atoms with Crippen molar-refractivity contribution in [2.24, 2.45) is 17.6 Å². The molecule has 3 atom stereocenters. The smallest absolute Gasteiger partial charge is 0.239 e. The summed E-state index contributed by atoms with van der Waals surface area (Å²) in [5.74, 6) is 0.889. The van der Waals surface area contributed by atoms with E-state index < -0.39 is 5.92 Å². The molecule has 0 bridgehead atoms. The number of nitrogens with two attached hydrogens (primary N) is 1. The molecule has 4 rings (SSSR count). The van der Waals surface area contributed by atoms with E-state index in [1.165, 1.54) is 0 Å². The summed E-state index contributed by atoms with van der Waals surface area (Å²) in [6.45, 7) is 4.94. The summed E-state index contributed by atoms with van der Waals surface area (Å²) in [5, 5.41) is 0. The van der Waals surface area contributed by atoms with Gasteiger partial charge in [0.25, 0.3) is 0 Å². The van der Waals surface area contributed by atoms with Gasteiger partial charge in [-0.25, -0.2) is 0 Å². The Morgan fingerprint density at radius 2 is 1.96 bits per heavy atom. The minimum Gasteiger partial charge on any atom is -0.486 e. The third kappa shape index (κ3) is 3.48. The van der Waals surface area contributed by atoms with Gasteiger partial charge in [0.1, 0.15) is 19.1 Å². The number of hydrogen-bond donors (Lipinski definition) is 1. The van der Waals surface area contributed by atoms with Crippen molar-refractivity contribution in [3.8, 4) is 11.5 Å². The van der Waals surface area contributed by atoms with E-state index in [9.17, 15) is 9.59 Å². The van der Waals surface area contributed by atoms with Crippen LogP contribution in [-0.4, -0.2) is 55.6 Å². The van der Waals surface area contributed by atoms with Crippen LogP contribution in [0.1, 0.15) is 26.2 Å². The molecule has 27 heavy (non-hydrogen) atoms. The minimum absolute atomic E-state index is 0.0506. The zero-order valence-corrected chi connectivity index (χ0v) is 15.7. The second-order valence-corrected chi connectivity index (χ2v) is 7.70. The van der Waals surface area contributed by atoms with E-state index in [4.69, 9.17) is 15.2 Å². The minimum atomic E-state index is -0.593. The summed E-state index contributed by atoms with van der Waals surface area (Å²) < 4.78 is 11.1. The number of fused-ring (bicyclic) bond motifs is 1. The van der Waals surface area contributed by atoms with Gasteiger partial charge in [-0.1, -0.05) is 0 Å². The van der Waals surface area contributed by atoms with Crippen molar-refractivity contribution in [1.29, 1.82) is 0 Å². The number of benzene rings is 1. The number of anilines is 1. The Morgan fingerprint density at radius 1 is 1.19 bits per heavy atom. The maximum Gasteiger partial charge on any atom is 0.239 e. The van der Waals surface area contributed by atoms with Crippen LogP contribution in [0.4, 0.5) is 5.69 Å². The molecule has 3 unspecified atom stereocenters. The summed E-state index contributed by atoms with van der Waals surface area (Å²) in [5.41, 5.74) is 6.79. The summed E-state index contributed by atoms with van der Waals surface area (Å²) in [6.07, 6.45) is 2.54. The first-order valence-electron chi connectivity index (χ1n) is 9.80. The van der Waals surface area contributed by atoms with Gasteiger partial charge in [-0.15, -0.1) is 0 Å².